The molecule has 142 valence electrons. The molecule has 0 unspecified atom stereocenters. The summed E-state index contributed by atoms with van der Waals surface area (Å²) >= 11 is 0. The van der Waals surface area contributed by atoms with Gasteiger partial charge >= 0.3 is 0 Å². The molecule has 5 nitrogen and oxygen atoms in total. The monoisotopic (exact) mass is 358 g/mol. The largest absolute Gasteiger partial charge is 0.393 e. The van der Waals surface area contributed by atoms with Crippen LogP contribution in [0, 0.1) is 5.41 Å². The summed E-state index contributed by atoms with van der Waals surface area (Å²) in [5.41, 5.74) is 1.05. The third-order valence-corrected chi connectivity index (χ3v) is 6.44. The zero-order chi connectivity index (χ0) is 18.0. The molecule has 0 radical (unpaired) electrons. The van der Waals surface area contributed by atoms with E-state index in [1.165, 1.54) is 0 Å². The Balaban J connectivity index is 1.27. The molecule has 1 aromatic carbocycles. The predicted molar refractivity (Wildman–Crippen MR) is 100 cm³/mol. The minimum absolute atomic E-state index is 0.117. The Hall–Kier alpha value is -1.43. The van der Waals surface area contributed by atoms with E-state index in [-0.39, 0.29) is 17.4 Å². The van der Waals surface area contributed by atoms with Gasteiger partial charge in [0, 0.05) is 38.3 Å². The lowest BCUT2D eigenvalue weighted by Crippen LogP contribution is -2.44. The number of amides is 1. The smallest absolute Gasteiger partial charge is 0.253 e. The van der Waals surface area contributed by atoms with Crippen molar-refractivity contribution in [2.24, 2.45) is 5.41 Å². The van der Waals surface area contributed by atoms with Crippen LogP contribution in [-0.2, 0) is 4.74 Å². The van der Waals surface area contributed by atoms with Crippen LogP contribution in [0.25, 0.3) is 0 Å². The summed E-state index contributed by atoms with van der Waals surface area (Å²) in [6.07, 6.45) is 5.15. The van der Waals surface area contributed by atoms with Gasteiger partial charge in [0.1, 0.15) is 0 Å². The highest BCUT2D eigenvalue weighted by atomic mass is 16.5. The molecule has 0 saturated carbocycles. The number of carbonyl (C=O) groups is 1. The summed E-state index contributed by atoms with van der Waals surface area (Å²) in [5, 5.41) is 9.65. The molecule has 5 heteroatoms. The first-order valence-corrected chi connectivity index (χ1v) is 10.00. The van der Waals surface area contributed by atoms with E-state index in [0.29, 0.717) is 6.10 Å². The van der Waals surface area contributed by atoms with Crippen LogP contribution in [0.2, 0.25) is 0 Å². The first kappa shape index (κ1) is 18.0. The van der Waals surface area contributed by atoms with Crippen molar-refractivity contribution in [2.45, 2.75) is 44.3 Å². The fraction of sp³-hybridized carbons (Fsp3) is 0.667. The van der Waals surface area contributed by atoms with E-state index in [0.717, 1.165) is 77.0 Å². The van der Waals surface area contributed by atoms with E-state index >= 15 is 0 Å². The lowest BCUT2D eigenvalue weighted by Gasteiger charge is -2.38. The minimum Gasteiger partial charge on any atom is -0.393 e. The third-order valence-electron chi connectivity index (χ3n) is 6.44. The van der Waals surface area contributed by atoms with Gasteiger partial charge in [-0.2, -0.15) is 0 Å². The molecule has 3 heterocycles. The molecule has 3 aliphatic rings. The fourth-order valence-corrected chi connectivity index (χ4v) is 4.70. The minimum atomic E-state index is -0.117. The summed E-state index contributed by atoms with van der Waals surface area (Å²) in [4.78, 5) is 17.1. The maximum Gasteiger partial charge on any atom is 0.253 e. The number of rotatable bonds is 3. The lowest BCUT2D eigenvalue weighted by atomic mass is 9.76. The average Bonchev–Trinajstić information content (AvgIpc) is 3.06. The molecule has 3 fully saturated rings. The molecule has 0 bridgehead atoms. The first-order valence-electron chi connectivity index (χ1n) is 10.00. The Morgan fingerprint density at radius 1 is 1.12 bits per heavy atom. The van der Waals surface area contributed by atoms with Gasteiger partial charge in [-0.25, -0.2) is 0 Å². The van der Waals surface area contributed by atoms with Gasteiger partial charge in [-0.05, 0) is 49.7 Å². The van der Waals surface area contributed by atoms with Crippen LogP contribution in [0.1, 0.15) is 42.5 Å². The van der Waals surface area contributed by atoms with Crippen LogP contribution < -0.4 is 0 Å². The van der Waals surface area contributed by atoms with Gasteiger partial charge in [0.25, 0.3) is 5.91 Å². The van der Waals surface area contributed by atoms with Crippen LogP contribution in [0.4, 0.5) is 0 Å². The summed E-state index contributed by atoms with van der Waals surface area (Å²) in [6.45, 7) is 5.45. The maximum atomic E-state index is 12.6. The van der Waals surface area contributed by atoms with Crippen LogP contribution in [-0.4, -0.2) is 72.4 Å². The molecule has 1 atom stereocenters. The van der Waals surface area contributed by atoms with Gasteiger partial charge in [-0.1, -0.05) is 18.2 Å². The fourth-order valence-electron chi connectivity index (χ4n) is 4.70. The number of piperidine rings is 2. The second-order valence-corrected chi connectivity index (χ2v) is 8.33. The number of ether oxygens (including phenoxy) is 1. The molecule has 1 aromatic rings. The highest BCUT2D eigenvalue weighted by Crippen LogP contribution is 2.42. The quantitative estimate of drug-likeness (QED) is 0.900. The van der Waals surface area contributed by atoms with Crippen LogP contribution in [0.3, 0.4) is 0 Å². The molecule has 3 saturated heterocycles. The van der Waals surface area contributed by atoms with Crippen molar-refractivity contribution in [3.63, 3.8) is 0 Å². The van der Waals surface area contributed by atoms with Gasteiger partial charge < -0.3 is 19.6 Å². The molecule has 1 N–H and O–H groups in total. The molecule has 1 spiro atoms. The average molecular weight is 358 g/mol. The number of hydrogen-bond donors (Lipinski definition) is 1. The highest BCUT2D eigenvalue weighted by molar-refractivity contribution is 5.94. The van der Waals surface area contributed by atoms with Crippen molar-refractivity contribution in [2.75, 3.05) is 39.3 Å². The van der Waals surface area contributed by atoms with Gasteiger partial charge in [-0.15, -0.1) is 0 Å². The summed E-state index contributed by atoms with van der Waals surface area (Å²) in [5.74, 6) is 0.155. The van der Waals surface area contributed by atoms with Crippen molar-refractivity contribution < 1.29 is 14.6 Å². The van der Waals surface area contributed by atoms with Crippen molar-refractivity contribution >= 4 is 5.91 Å². The van der Waals surface area contributed by atoms with Gasteiger partial charge in [0.2, 0.25) is 0 Å². The zero-order valence-corrected chi connectivity index (χ0v) is 15.5. The summed E-state index contributed by atoms with van der Waals surface area (Å²) in [6, 6.07) is 9.59. The molecule has 3 aliphatic heterocycles. The normalized spacial score (nSPS) is 27.1. The van der Waals surface area contributed by atoms with E-state index in [9.17, 15) is 9.90 Å². The standard InChI is InChI=1S/C21H30N2O3/c24-18-6-10-22(11-7-18)15-19-14-21(16-26-19)8-12-23(13-9-21)20(25)17-4-2-1-3-5-17/h1-5,18-19,24H,6-16H2/t19-/m1/s1. The first-order chi connectivity index (χ1) is 12.6. The second kappa shape index (κ2) is 7.67. The van der Waals surface area contributed by atoms with Crippen LogP contribution in [0.5, 0.6) is 0 Å². The molecular formula is C21H30N2O3. The molecule has 26 heavy (non-hydrogen) atoms. The highest BCUT2D eigenvalue weighted by Gasteiger charge is 2.43. The van der Waals surface area contributed by atoms with Crippen molar-refractivity contribution in [3.8, 4) is 0 Å². The number of aliphatic hydroxyl groups is 1. The number of hydrogen-bond acceptors (Lipinski definition) is 4. The lowest BCUT2D eigenvalue weighted by molar-refractivity contribution is 0.0302. The molecule has 0 aromatic heterocycles. The van der Waals surface area contributed by atoms with Crippen molar-refractivity contribution in [3.05, 3.63) is 35.9 Å². The molecule has 1 amide bonds. The number of aliphatic hydroxyl groups excluding tert-OH is 1. The second-order valence-electron chi connectivity index (χ2n) is 8.33. The van der Waals surface area contributed by atoms with E-state index in [1.807, 2.05) is 35.2 Å². The van der Waals surface area contributed by atoms with Gasteiger partial charge in [-0.3, -0.25) is 4.79 Å². The maximum absolute atomic E-state index is 12.6. The number of carbonyl (C=O) groups excluding carboxylic acids is 1. The van der Waals surface area contributed by atoms with Crippen LogP contribution in [0.15, 0.2) is 30.3 Å². The Morgan fingerprint density at radius 2 is 1.81 bits per heavy atom. The summed E-state index contributed by atoms with van der Waals surface area (Å²) in [7, 11) is 0. The Bertz CT molecular complexity index is 605. The molecule has 0 aliphatic carbocycles. The molecular weight excluding hydrogens is 328 g/mol. The number of nitrogens with zero attached hydrogens (tertiary/aromatic N) is 2. The van der Waals surface area contributed by atoms with Gasteiger partial charge in [0.15, 0.2) is 0 Å². The van der Waals surface area contributed by atoms with Crippen molar-refractivity contribution in [1.29, 1.82) is 0 Å². The third kappa shape index (κ3) is 3.95. The summed E-state index contributed by atoms with van der Waals surface area (Å²) < 4.78 is 6.15. The van der Waals surface area contributed by atoms with E-state index in [1.54, 1.807) is 0 Å². The van der Waals surface area contributed by atoms with E-state index in [2.05, 4.69) is 4.90 Å². The van der Waals surface area contributed by atoms with Crippen LogP contribution >= 0.6 is 0 Å². The predicted octanol–water partition coefficient (Wildman–Crippen LogP) is 2.15. The Kier molecular flexibility index (Phi) is 5.30. The topological polar surface area (TPSA) is 53.0 Å². The Morgan fingerprint density at radius 3 is 2.50 bits per heavy atom. The van der Waals surface area contributed by atoms with E-state index in [4.69, 9.17) is 4.74 Å². The zero-order valence-electron chi connectivity index (χ0n) is 15.5. The SMILES string of the molecule is O=C(c1ccccc1)N1CCC2(CC1)CO[C@@H](CN1CCC(O)CC1)C2. The number of benzene rings is 1. The molecule has 4 rings (SSSR count). The number of likely N-dealkylation sites (tertiary alicyclic amines) is 2. The Labute approximate surface area is 155 Å². The van der Waals surface area contributed by atoms with Crippen molar-refractivity contribution in [1.82, 2.24) is 9.80 Å². The van der Waals surface area contributed by atoms with Gasteiger partial charge in [0.05, 0.1) is 18.8 Å². The van der Waals surface area contributed by atoms with E-state index < -0.39 is 0 Å².